The molecule has 0 spiro atoms. The number of carbonyl (C=O) groups excluding carboxylic acids is 1. The number of nitrogens with zero attached hydrogens (tertiary/aromatic N) is 4. The van der Waals surface area contributed by atoms with Gasteiger partial charge in [0, 0.05) is 16.7 Å². The molecular formula is C17H16N4O4S. The maximum absolute atomic E-state index is 12.5. The average molecular weight is 372 g/mol. The van der Waals surface area contributed by atoms with E-state index in [1.54, 1.807) is 18.7 Å². The minimum absolute atomic E-state index is 0.0123. The topological polar surface area (TPSA) is 100 Å². The Labute approximate surface area is 153 Å². The van der Waals surface area contributed by atoms with Crippen molar-refractivity contribution in [2.75, 3.05) is 13.4 Å². The van der Waals surface area contributed by atoms with Crippen molar-refractivity contribution in [1.82, 2.24) is 19.7 Å². The third-order valence-corrected chi connectivity index (χ3v) is 4.51. The highest BCUT2D eigenvalue weighted by atomic mass is 32.2. The van der Waals surface area contributed by atoms with Crippen LogP contribution in [0.2, 0.25) is 0 Å². The second-order valence-electron chi connectivity index (χ2n) is 5.34. The molecule has 134 valence electrons. The van der Waals surface area contributed by atoms with E-state index in [0.717, 1.165) is 10.5 Å². The van der Waals surface area contributed by atoms with Gasteiger partial charge in [0.2, 0.25) is 11.7 Å². The van der Waals surface area contributed by atoms with E-state index in [4.69, 9.17) is 4.52 Å². The van der Waals surface area contributed by atoms with E-state index >= 15 is 0 Å². The van der Waals surface area contributed by atoms with Gasteiger partial charge in [-0.1, -0.05) is 5.16 Å². The van der Waals surface area contributed by atoms with Crippen LogP contribution >= 0.6 is 11.8 Å². The number of benzene rings is 1. The van der Waals surface area contributed by atoms with Crippen LogP contribution in [0.25, 0.3) is 11.4 Å². The zero-order chi connectivity index (χ0) is 18.7. The van der Waals surface area contributed by atoms with Crippen molar-refractivity contribution in [2.45, 2.75) is 18.4 Å². The zero-order valence-electron chi connectivity index (χ0n) is 14.4. The first-order valence-electron chi connectivity index (χ1n) is 7.65. The molecule has 2 heterocycles. The normalized spacial score (nSPS) is 10.7. The molecule has 0 saturated heterocycles. The van der Waals surface area contributed by atoms with E-state index in [0.29, 0.717) is 11.6 Å². The van der Waals surface area contributed by atoms with E-state index < -0.39 is 11.5 Å². The molecule has 0 radical (unpaired) electrons. The number of aromatic nitrogens is 4. The Kier molecular flexibility index (Phi) is 5.17. The van der Waals surface area contributed by atoms with Gasteiger partial charge in [-0.3, -0.25) is 9.36 Å². The summed E-state index contributed by atoms with van der Waals surface area (Å²) < 4.78 is 11.1. The molecule has 0 atom stereocenters. The Hall–Kier alpha value is -2.94. The summed E-state index contributed by atoms with van der Waals surface area (Å²) in [7, 11) is 1.21. The minimum Gasteiger partial charge on any atom is -0.465 e. The van der Waals surface area contributed by atoms with Crippen LogP contribution in [0.5, 0.6) is 0 Å². The van der Waals surface area contributed by atoms with Crippen molar-refractivity contribution in [2.24, 2.45) is 0 Å². The Bertz CT molecular complexity index is 995. The van der Waals surface area contributed by atoms with Crippen molar-refractivity contribution >= 4 is 17.7 Å². The predicted molar refractivity (Wildman–Crippen MR) is 95.2 cm³/mol. The Morgan fingerprint density at radius 1 is 1.31 bits per heavy atom. The molecule has 2 aromatic heterocycles. The predicted octanol–water partition coefficient (Wildman–Crippen LogP) is 2.16. The average Bonchev–Trinajstić information content (AvgIpc) is 3.13. The number of thioether (sulfide) groups is 1. The fourth-order valence-corrected chi connectivity index (χ4v) is 2.73. The summed E-state index contributed by atoms with van der Waals surface area (Å²) in [5, 5.41) is 3.95. The Balaban J connectivity index is 1.89. The molecule has 0 unspecified atom stereocenters. The number of aryl methyl sites for hydroxylation is 1. The number of hydrogen-bond donors (Lipinski definition) is 0. The van der Waals surface area contributed by atoms with E-state index in [-0.39, 0.29) is 18.0 Å². The third-order valence-electron chi connectivity index (χ3n) is 3.76. The van der Waals surface area contributed by atoms with Crippen molar-refractivity contribution in [3.05, 3.63) is 58.1 Å². The van der Waals surface area contributed by atoms with Crippen molar-refractivity contribution < 1.29 is 14.1 Å². The van der Waals surface area contributed by atoms with E-state index in [2.05, 4.69) is 19.9 Å². The number of methoxy groups -OCH3 is 1. The van der Waals surface area contributed by atoms with Crippen LogP contribution in [-0.2, 0) is 11.3 Å². The molecule has 0 bridgehead atoms. The SMILES string of the molecule is COC(=O)c1cnc(C)n(Cc2nc(-c3ccc(SC)cc3)no2)c1=O. The summed E-state index contributed by atoms with van der Waals surface area (Å²) >= 11 is 1.64. The maximum Gasteiger partial charge on any atom is 0.345 e. The third kappa shape index (κ3) is 3.52. The lowest BCUT2D eigenvalue weighted by Crippen LogP contribution is -2.30. The summed E-state index contributed by atoms with van der Waals surface area (Å²) in [5.41, 5.74) is 0.141. The summed E-state index contributed by atoms with van der Waals surface area (Å²) in [5.74, 6) is 0.349. The summed E-state index contributed by atoms with van der Waals surface area (Å²) in [6.45, 7) is 1.67. The van der Waals surface area contributed by atoms with Crippen LogP contribution in [0, 0.1) is 6.92 Å². The van der Waals surface area contributed by atoms with Gasteiger partial charge in [0.15, 0.2) is 0 Å². The smallest absolute Gasteiger partial charge is 0.345 e. The van der Waals surface area contributed by atoms with Crippen molar-refractivity contribution in [3.63, 3.8) is 0 Å². The number of carbonyl (C=O) groups is 1. The first kappa shape index (κ1) is 17.9. The molecule has 0 N–H and O–H groups in total. The standard InChI is InChI=1S/C17H16N4O4S/c1-10-18-8-13(17(23)24-2)16(22)21(10)9-14-19-15(20-25-14)11-4-6-12(26-3)7-5-11/h4-8H,9H2,1-3H3. The molecule has 9 heteroatoms. The van der Waals surface area contributed by atoms with Crippen molar-refractivity contribution in [3.8, 4) is 11.4 Å². The number of esters is 1. The van der Waals surface area contributed by atoms with E-state index in [1.807, 2.05) is 30.5 Å². The van der Waals surface area contributed by atoms with Crippen LogP contribution < -0.4 is 5.56 Å². The quantitative estimate of drug-likeness (QED) is 0.496. The van der Waals surface area contributed by atoms with Gasteiger partial charge >= 0.3 is 5.97 Å². The molecule has 0 fully saturated rings. The highest BCUT2D eigenvalue weighted by molar-refractivity contribution is 7.98. The Morgan fingerprint density at radius 2 is 2.04 bits per heavy atom. The molecule has 0 aliphatic heterocycles. The van der Waals surface area contributed by atoms with Gasteiger partial charge in [0.1, 0.15) is 17.9 Å². The molecule has 0 aliphatic carbocycles. The molecule has 26 heavy (non-hydrogen) atoms. The maximum atomic E-state index is 12.5. The van der Waals surface area contributed by atoms with Crippen LogP contribution in [-0.4, -0.2) is 39.0 Å². The number of hydrogen-bond acceptors (Lipinski definition) is 8. The minimum atomic E-state index is -0.739. The van der Waals surface area contributed by atoms with Crippen LogP contribution in [0.15, 0.2) is 44.7 Å². The summed E-state index contributed by atoms with van der Waals surface area (Å²) in [6.07, 6.45) is 3.20. The lowest BCUT2D eigenvalue weighted by molar-refractivity contribution is 0.0597. The first-order chi connectivity index (χ1) is 12.5. The fraction of sp³-hybridized carbons (Fsp3) is 0.235. The molecule has 3 rings (SSSR count). The van der Waals surface area contributed by atoms with Gasteiger partial charge in [-0.05, 0) is 37.4 Å². The molecule has 3 aromatic rings. The second kappa shape index (κ2) is 7.52. The van der Waals surface area contributed by atoms with Crippen molar-refractivity contribution in [1.29, 1.82) is 0 Å². The van der Waals surface area contributed by atoms with Gasteiger partial charge in [-0.25, -0.2) is 9.78 Å². The second-order valence-corrected chi connectivity index (χ2v) is 6.22. The molecule has 0 saturated carbocycles. The fourth-order valence-electron chi connectivity index (χ4n) is 2.32. The lowest BCUT2D eigenvalue weighted by atomic mass is 10.2. The van der Waals surface area contributed by atoms with Gasteiger partial charge < -0.3 is 9.26 Å². The van der Waals surface area contributed by atoms with Crippen LogP contribution in [0.3, 0.4) is 0 Å². The highest BCUT2D eigenvalue weighted by Crippen LogP contribution is 2.21. The Morgan fingerprint density at radius 3 is 2.69 bits per heavy atom. The first-order valence-corrected chi connectivity index (χ1v) is 8.87. The van der Waals surface area contributed by atoms with Gasteiger partial charge in [0.25, 0.3) is 5.56 Å². The monoisotopic (exact) mass is 372 g/mol. The van der Waals surface area contributed by atoms with Crippen LogP contribution in [0.4, 0.5) is 0 Å². The van der Waals surface area contributed by atoms with E-state index in [9.17, 15) is 9.59 Å². The molecule has 8 nitrogen and oxygen atoms in total. The number of rotatable bonds is 5. The number of ether oxygens (including phenoxy) is 1. The molecule has 0 amide bonds. The summed E-state index contributed by atoms with van der Waals surface area (Å²) in [4.78, 5) is 33.6. The van der Waals surface area contributed by atoms with Gasteiger partial charge in [0.05, 0.1) is 7.11 Å². The molecular weight excluding hydrogens is 356 g/mol. The largest absolute Gasteiger partial charge is 0.465 e. The highest BCUT2D eigenvalue weighted by Gasteiger charge is 2.17. The summed E-state index contributed by atoms with van der Waals surface area (Å²) in [6, 6.07) is 7.73. The van der Waals surface area contributed by atoms with Gasteiger partial charge in [-0.2, -0.15) is 4.98 Å². The molecule has 0 aliphatic rings. The lowest BCUT2D eigenvalue weighted by Gasteiger charge is -2.07. The zero-order valence-corrected chi connectivity index (χ0v) is 15.2. The van der Waals surface area contributed by atoms with Gasteiger partial charge in [-0.15, -0.1) is 11.8 Å². The van der Waals surface area contributed by atoms with E-state index in [1.165, 1.54) is 17.9 Å². The molecule has 1 aromatic carbocycles. The van der Waals surface area contributed by atoms with Crippen LogP contribution in [0.1, 0.15) is 22.1 Å².